The van der Waals surface area contributed by atoms with Crippen LogP contribution in [0.15, 0.2) is 0 Å². The van der Waals surface area contributed by atoms with Crippen LogP contribution in [0.5, 0.6) is 0 Å². The lowest BCUT2D eigenvalue weighted by Crippen LogP contribution is -2.28. The minimum absolute atomic E-state index is 0.125. The summed E-state index contributed by atoms with van der Waals surface area (Å²) in [6.07, 6.45) is 1.31. The largest absolute Gasteiger partial charge is 0.346 e. The molecule has 2 saturated heterocycles. The molecule has 2 aliphatic rings. The molecule has 1 unspecified atom stereocenters. The molecule has 76 valence electrons. The van der Waals surface area contributed by atoms with Crippen molar-refractivity contribution in [2.45, 2.75) is 58.4 Å². The molecule has 0 bridgehead atoms. The van der Waals surface area contributed by atoms with Gasteiger partial charge in [-0.1, -0.05) is 13.8 Å². The first kappa shape index (κ1) is 9.44. The minimum atomic E-state index is -0.470. The summed E-state index contributed by atoms with van der Waals surface area (Å²) in [5.41, 5.74) is 0. The second kappa shape index (κ2) is 2.94. The van der Waals surface area contributed by atoms with Gasteiger partial charge in [0.25, 0.3) is 0 Å². The average Bonchev–Trinajstić information content (AvgIpc) is 2.47. The van der Waals surface area contributed by atoms with Gasteiger partial charge in [0.05, 0.1) is 6.10 Å². The zero-order valence-electron chi connectivity index (χ0n) is 8.74. The van der Waals surface area contributed by atoms with Crippen molar-refractivity contribution in [2.75, 3.05) is 0 Å². The van der Waals surface area contributed by atoms with Crippen LogP contribution in [-0.4, -0.2) is 24.3 Å². The third-order valence-electron chi connectivity index (χ3n) is 2.90. The highest BCUT2D eigenvalue weighted by atomic mass is 16.8. The second-order valence-electron chi connectivity index (χ2n) is 4.41. The van der Waals surface area contributed by atoms with E-state index in [9.17, 15) is 0 Å². The molecule has 2 aliphatic heterocycles. The van der Waals surface area contributed by atoms with E-state index < -0.39 is 5.79 Å². The van der Waals surface area contributed by atoms with Gasteiger partial charge in [0.15, 0.2) is 12.1 Å². The molecule has 2 rings (SSSR count). The fourth-order valence-electron chi connectivity index (χ4n) is 2.19. The first-order valence-electron chi connectivity index (χ1n) is 5.04. The van der Waals surface area contributed by atoms with Gasteiger partial charge in [0, 0.05) is 5.92 Å². The van der Waals surface area contributed by atoms with Crippen LogP contribution in [0.25, 0.3) is 0 Å². The van der Waals surface area contributed by atoms with Crippen molar-refractivity contribution in [3.05, 3.63) is 0 Å². The first-order chi connectivity index (χ1) is 6.03. The smallest absolute Gasteiger partial charge is 0.187 e. The van der Waals surface area contributed by atoms with E-state index in [1.54, 1.807) is 0 Å². The molecule has 0 spiro atoms. The van der Waals surface area contributed by atoms with Crippen LogP contribution in [0.4, 0.5) is 0 Å². The van der Waals surface area contributed by atoms with Crippen molar-refractivity contribution in [3.8, 4) is 0 Å². The Morgan fingerprint density at radius 3 is 2.46 bits per heavy atom. The Bertz CT molecular complexity index is 202. The van der Waals surface area contributed by atoms with Gasteiger partial charge in [0.2, 0.25) is 0 Å². The van der Waals surface area contributed by atoms with Crippen molar-refractivity contribution < 1.29 is 14.2 Å². The fourth-order valence-corrected chi connectivity index (χ4v) is 2.19. The van der Waals surface area contributed by atoms with Crippen molar-refractivity contribution in [3.63, 3.8) is 0 Å². The summed E-state index contributed by atoms with van der Waals surface area (Å²) in [4.78, 5) is 0. The van der Waals surface area contributed by atoms with Crippen LogP contribution in [0.2, 0.25) is 0 Å². The van der Waals surface area contributed by atoms with E-state index in [1.165, 1.54) is 0 Å². The standard InChI is InChI=1S/C10H18O3/c1-5-7-6(2)8-9(11-7)13-10(3,4)12-8/h6-9H,5H2,1-4H3/t6-,7+,8?,9+/m0/s1. The number of hydrogen-bond donors (Lipinski definition) is 0. The molecule has 3 nitrogen and oxygen atoms in total. The normalized spacial score (nSPS) is 48.0. The molecule has 0 aliphatic carbocycles. The van der Waals surface area contributed by atoms with Crippen LogP contribution < -0.4 is 0 Å². The summed E-state index contributed by atoms with van der Waals surface area (Å²) in [5, 5.41) is 0. The third kappa shape index (κ3) is 1.49. The van der Waals surface area contributed by atoms with E-state index in [1.807, 2.05) is 13.8 Å². The molecule has 0 radical (unpaired) electrons. The average molecular weight is 186 g/mol. The monoisotopic (exact) mass is 186 g/mol. The molecule has 0 aromatic carbocycles. The van der Waals surface area contributed by atoms with Gasteiger partial charge in [-0.2, -0.15) is 0 Å². The lowest BCUT2D eigenvalue weighted by atomic mass is 9.99. The maximum Gasteiger partial charge on any atom is 0.187 e. The predicted octanol–water partition coefficient (Wildman–Crippen LogP) is 1.91. The molecule has 13 heavy (non-hydrogen) atoms. The second-order valence-corrected chi connectivity index (χ2v) is 4.41. The Morgan fingerprint density at radius 1 is 1.23 bits per heavy atom. The Balaban J connectivity index is 2.07. The summed E-state index contributed by atoms with van der Waals surface area (Å²) in [6, 6.07) is 0. The molecule has 0 saturated carbocycles. The molecular weight excluding hydrogens is 168 g/mol. The van der Waals surface area contributed by atoms with Gasteiger partial charge < -0.3 is 14.2 Å². The van der Waals surface area contributed by atoms with Gasteiger partial charge >= 0.3 is 0 Å². The molecular formula is C10H18O3. The van der Waals surface area contributed by atoms with E-state index in [-0.39, 0.29) is 12.4 Å². The molecule has 0 aromatic rings. The lowest BCUT2D eigenvalue weighted by Gasteiger charge is -2.22. The molecule has 0 aromatic heterocycles. The molecule has 4 atom stereocenters. The highest BCUT2D eigenvalue weighted by Gasteiger charge is 2.52. The number of rotatable bonds is 1. The quantitative estimate of drug-likeness (QED) is 0.626. The van der Waals surface area contributed by atoms with E-state index >= 15 is 0 Å². The zero-order valence-corrected chi connectivity index (χ0v) is 8.74. The topological polar surface area (TPSA) is 27.7 Å². The van der Waals surface area contributed by atoms with Crippen molar-refractivity contribution in [1.82, 2.24) is 0 Å². The Kier molecular flexibility index (Phi) is 2.13. The van der Waals surface area contributed by atoms with Crippen molar-refractivity contribution in [1.29, 1.82) is 0 Å². The highest BCUT2D eigenvalue weighted by Crippen LogP contribution is 2.41. The van der Waals surface area contributed by atoms with Gasteiger partial charge in [-0.3, -0.25) is 0 Å². The molecule has 0 amide bonds. The molecule has 0 N–H and O–H groups in total. The molecule has 3 heteroatoms. The number of hydrogen-bond acceptors (Lipinski definition) is 3. The van der Waals surface area contributed by atoms with Crippen molar-refractivity contribution >= 4 is 0 Å². The fraction of sp³-hybridized carbons (Fsp3) is 1.00. The maximum atomic E-state index is 5.77. The predicted molar refractivity (Wildman–Crippen MR) is 48.2 cm³/mol. The van der Waals surface area contributed by atoms with Gasteiger partial charge in [-0.05, 0) is 20.3 Å². The molecule has 2 fully saturated rings. The van der Waals surface area contributed by atoms with Crippen LogP contribution in [0.3, 0.4) is 0 Å². The summed E-state index contributed by atoms with van der Waals surface area (Å²) in [5.74, 6) is -0.0285. The zero-order chi connectivity index (χ0) is 9.64. The third-order valence-corrected chi connectivity index (χ3v) is 2.90. The summed E-state index contributed by atoms with van der Waals surface area (Å²) >= 11 is 0. The van der Waals surface area contributed by atoms with Gasteiger partial charge in [-0.15, -0.1) is 0 Å². The van der Waals surface area contributed by atoms with Crippen LogP contribution in [0, 0.1) is 5.92 Å². The molecule has 2 heterocycles. The first-order valence-corrected chi connectivity index (χ1v) is 5.04. The van der Waals surface area contributed by atoms with Crippen LogP contribution >= 0.6 is 0 Å². The Morgan fingerprint density at radius 2 is 1.92 bits per heavy atom. The van der Waals surface area contributed by atoms with Gasteiger partial charge in [0.1, 0.15) is 6.10 Å². The van der Waals surface area contributed by atoms with Crippen LogP contribution in [-0.2, 0) is 14.2 Å². The highest BCUT2D eigenvalue weighted by molar-refractivity contribution is 4.89. The lowest BCUT2D eigenvalue weighted by molar-refractivity contribution is -0.209. The number of ether oxygens (including phenoxy) is 3. The summed E-state index contributed by atoms with van der Waals surface area (Å²) in [6.45, 7) is 8.17. The van der Waals surface area contributed by atoms with E-state index in [0.29, 0.717) is 12.0 Å². The summed E-state index contributed by atoms with van der Waals surface area (Å²) < 4.78 is 17.1. The SMILES string of the molecule is CC[C@H]1O[C@@H]2OC(C)(C)OC2[C@H]1C. The van der Waals surface area contributed by atoms with E-state index in [4.69, 9.17) is 14.2 Å². The van der Waals surface area contributed by atoms with Crippen LogP contribution in [0.1, 0.15) is 34.1 Å². The maximum absolute atomic E-state index is 5.77. The number of fused-ring (bicyclic) bond motifs is 1. The van der Waals surface area contributed by atoms with Gasteiger partial charge in [-0.25, -0.2) is 0 Å². The summed E-state index contributed by atoms with van der Waals surface area (Å²) in [7, 11) is 0. The van der Waals surface area contributed by atoms with E-state index in [0.717, 1.165) is 6.42 Å². The Hall–Kier alpha value is -0.120. The van der Waals surface area contributed by atoms with E-state index in [2.05, 4.69) is 13.8 Å². The minimum Gasteiger partial charge on any atom is -0.346 e. The Labute approximate surface area is 79.4 Å². The van der Waals surface area contributed by atoms with Crippen molar-refractivity contribution in [2.24, 2.45) is 5.92 Å².